The molecule has 39 heavy (non-hydrogen) atoms. The molecule has 0 unspecified atom stereocenters. The van der Waals surface area contributed by atoms with Crippen molar-refractivity contribution in [3.05, 3.63) is 84.4 Å². The molecule has 4 aromatic rings. The number of carboxylic acid groups (broad SMARTS) is 1. The summed E-state index contributed by atoms with van der Waals surface area (Å²) in [5, 5.41) is 20.6. The summed E-state index contributed by atoms with van der Waals surface area (Å²) in [5.41, 5.74) is 3.18. The van der Waals surface area contributed by atoms with E-state index in [-0.39, 0.29) is 24.7 Å². The standard InChI is InChI=1S/C31H33N3O5/c1-2-3-10-26(32-25-17-13-22(14-18-25)28(35)11-7-12-29(36)37)21-38-27-19-15-24(16-20-27)31-34-33-30(39-31)23-8-5-4-6-9-23/h4-6,8-9,13-20,26,32H,2-3,7,10-12,21H2,1H3,(H,36,37)/t26-/m0/s1. The van der Waals surface area contributed by atoms with Crippen molar-refractivity contribution in [3.63, 3.8) is 0 Å². The van der Waals surface area contributed by atoms with E-state index < -0.39 is 5.97 Å². The maximum Gasteiger partial charge on any atom is 0.303 e. The van der Waals surface area contributed by atoms with Gasteiger partial charge in [0, 0.05) is 35.2 Å². The van der Waals surface area contributed by atoms with E-state index >= 15 is 0 Å². The smallest absolute Gasteiger partial charge is 0.303 e. The minimum absolute atomic E-state index is 0.000645. The van der Waals surface area contributed by atoms with E-state index in [4.69, 9.17) is 14.3 Å². The van der Waals surface area contributed by atoms with E-state index in [1.807, 2.05) is 66.7 Å². The summed E-state index contributed by atoms with van der Waals surface area (Å²) in [4.78, 5) is 23.0. The molecule has 0 aliphatic rings. The van der Waals surface area contributed by atoms with Crippen molar-refractivity contribution < 1.29 is 23.8 Å². The first kappa shape index (κ1) is 27.6. The van der Waals surface area contributed by atoms with Gasteiger partial charge in [-0.3, -0.25) is 9.59 Å². The number of aromatic nitrogens is 2. The number of rotatable bonds is 15. The van der Waals surface area contributed by atoms with E-state index in [9.17, 15) is 9.59 Å². The van der Waals surface area contributed by atoms with Crippen LogP contribution in [0, 0.1) is 0 Å². The van der Waals surface area contributed by atoms with Crippen molar-refractivity contribution in [1.29, 1.82) is 0 Å². The summed E-state index contributed by atoms with van der Waals surface area (Å²) < 4.78 is 11.9. The Morgan fingerprint density at radius 2 is 1.54 bits per heavy atom. The molecule has 1 atom stereocenters. The van der Waals surface area contributed by atoms with Crippen LogP contribution < -0.4 is 10.1 Å². The van der Waals surface area contributed by atoms with Crippen molar-refractivity contribution in [1.82, 2.24) is 10.2 Å². The molecule has 8 heteroatoms. The molecule has 1 heterocycles. The van der Waals surface area contributed by atoms with Crippen molar-refractivity contribution in [2.45, 2.75) is 51.5 Å². The van der Waals surface area contributed by atoms with Crippen molar-refractivity contribution in [3.8, 4) is 28.7 Å². The molecule has 0 radical (unpaired) electrons. The zero-order valence-corrected chi connectivity index (χ0v) is 22.0. The number of nitrogens with zero attached hydrogens (tertiary/aromatic N) is 2. The van der Waals surface area contributed by atoms with Gasteiger partial charge in [0.2, 0.25) is 11.8 Å². The van der Waals surface area contributed by atoms with Crippen LogP contribution in [0.2, 0.25) is 0 Å². The number of hydrogen-bond donors (Lipinski definition) is 2. The number of benzene rings is 3. The van der Waals surface area contributed by atoms with Crippen LogP contribution in [0.4, 0.5) is 5.69 Å². The summed E-state index contributed by atoms with van der Waals surface area (Å²) in [7, 11) is 0. The second-order valence-electron chi connectivity index (χ2n) is 9.35. The van der Waals surface area contributed by atoms with Crippen LogP contribution in [0.3, 0.4) is 0 Å². The molecule has 0 bridgehead atoms. The van der Waals surface area contributed by atoms with E-state index in [0.29, 0.717) is 30.4 Å². The minimum Gasteiger partial charge on any atom is -0.491 e. The highest BCUT2D eigenvalue weighted by atomic mass is 16.5. The zero-order valence-electron chi connectivity index (χ0n) is 22.0. The van der Waals surface area contributed by atoms with Crippen LogP contribution in [-0.4, -0.2) is 39.7 Å². The third-order valence-corrected chi connectivity index (χ3v) is 6.28. The Morgan fingerprint density at radius 1 is 0.872 bits per heavy atom. The van der Waals surface area contributed by atoms with Gasteiger partial charge in [0.15, 0.2) is 5.78 Å². The highest BCUT2D eigenvalue weighted by Gasteiger charge is 2.13. The lowest BCUT2D eigenvalue weighted by Gasteiger charge is -2.20. The SMILES string of the molecule is CCCC[C@@H](COc1ccc(-c2nnc(-c3ccccc3)o2)cc1)Nc1ccc(C(=O)CCCC(=O)O)cc1. The van der Waals surface area contributed by atoms with E-state index in [0.717, 1.165) is 41.8 Å². The fourth-order valence-electron chi connectivity index (χ4n) is 4.11. The third-order valence-electron chi connectivity index (χ3n) is 6.28. The predicted molar refractivity (Wildman–Crippen MR) is 150 cm³/mol. The van der Waals surface area contributed by atoms with E-state index in [2.05, 4.69) is 22.4 Å². The van der Waals surface area contributed by atoms with Crippen LogP contribution in [0.15, 0.2) is 83.3 Å². The van der Waals surface area contributed by atoms with Crippen molar-refractivity contribution in [2.24, 2.45) is 0 Å². The summed E-state index contributed by atoms with van der Waals surface area (Å²) in [6, 6.07) is 24.6. The summed E-state index contributed by atoms with van der Waals surface area (Å²) >= 11 is 0. The number of carbonyl (C=O) groups is 2. The van der Waals surface area contributed by atoms with Gasteiger partial charge >= 0.3 is 5.97 Å². The lowest BCUT2D eigenvalue weighted by Crippen LogP contribution is -2.27. The van der Waals surface area contributed by atoms with Gasteiger partial charge in [0.05, 0.1) is 6.04 Å². The van der Waals surface area contributed by atoms with Gasteiger partial charge in [-0.2, -0.15) is 0 Å². The van der Waals surface area contributed by atoms with Crippen LogP contribution in [0.25, 0.3) is 22.9 Å². The molecule has 8 nitrogen and oxygen atoms in total. The molecule has 0 amide bonds. The van der Waals surface area contributed by atoms with Gasteiger partial charge in [-0.15, -0.1) is 10.2 Å². The molecule has 1 aromatic heterocycles. The van der Waals surface area contributed by atoms with Gasteiger partial charge < -0.3 is 19.6 Å². The van der Waals surface area contributed by atoms with Crippen molar-refractivity contribution >= 4 is 17.4 Å². The second kappa shape index (κ2) is 13.9. The number of ketones is 1. The van der Waals surface area contributed by atoms with E-state index in [1.54, 1.807) is 12.1 Å². The molecule has 0 fully saturated rings. The number of carboxylic acids is 1. The largest absolute Gasteiger partial charge is 0.491 e. The van der Waals surface area contributed by atoms with Crippen LogP contribution in [0.1, 0.15) is 55.8 Å². The highest BCUT2D eigenvalue weighted by Crippen LogP contribution is 2.25. The molecule has 0 spiro atoms. The van der Waals surface area contributed by atoms with Gasteiger partial charge in [0.25, 0.3) is 0 Å². The first-order chi connectivity index (χ1) is 19.0. The van der Waals surface area contributed by atoms with Crippen LogP contribution in [-0.2, 0) is 4.79 Å². The molecule has 4 rings (SSSR count). The Bertz CT molecular complexity index is 1330. The maximum atomic E-state index is 12.3. The van der Waals surface area contributed by atoms with Gasteiger partial charge in [-0.25, -0.2) is 0 Å². The number of nitrogens with one attached hydrogen (secondary N) is 1. The zero-order chi connectivity index (χ0) is 27.5. The number of hydrogen-bond acceptors (Lipinski definition) is 7. The molecule has 202 valence electrons. The predicted octanol–water partition coefficient (Wildman–Crippen LogP) is 6.89. The average Bonchev–Trinajstić information content (AvgIpc) is 3.46. The minimum atomic E-state index is -0.886. The average molecular weight is 528 g/mol. The Morgan fingerprint density at radius 3 is 2.18 bits per heavy atom. The number of aliphatic carboxylic acids is 1. The van der Waals surface area contributed by atoms with Crippen LogP contribution >= 0.6 is 0 Å². The normalized spacial score (nSPS) is 11.6. The monoisotopic (exact) mass is 527 g/mol. The summed E-state index contributed by atoms with van der Waals surface area (Å²) in [5.74, 6) is 0.738. The molecule has 2 N–H and O–H groups in total. The van der Waals surface area contributed by atoms with Crippen LogP contribution in [0.5, 0.6) is 5.75 Å². The molecule has 3 aromatic carbocycles. The topological polar surface area (TPSA) is 115 Å². The Hall–Kier alpha value is -4.46. The first-order valence-corrected chi connectivity index (χ1v) is 13.3. The van der Waals surface area contributed by atoms with Gasteiger partial charge in [0.1, 0.15) is 12.4 Å². The number of carbonyl (C=O) groups excluding carboxylic acids is 1. The highest BCUT2D eigenvalue weighted by molar-refractivity contribution is 5.96. The third kappa shape index (κ3) is 8.26. The van der Waals surface area contributed by atoms with Gasteiger partial charge in [-0.1, -0.05) is 38.0 Å². The lowest BCUT2D eigenvalue weighted by atomic mass is 10.0. The summed E-state index contributed by atoms with van der Waals surface area (Å²) in [6.07, 6.45) is 3.64. The first-order valence-electron chi connectivity index (χ1n) is 13.3. The summed E-state index contributed by atoms with van der Waals surface area (Å²) in [6.45, 7) is 2.63. The van der Waals surface area contributed by atoms with Gasteiger partial charge in [-0.05, 0) is 73.5 Å². The molecule has 0 saturated carbocycles. The number of ether oxygens (including phenoxy) is 1. The van der Waals surface area contributed by atoms with E-state index in [1.165, 1.54) is 0 Å². The molecule has 0 aliphatic carbocycles. The number of anilines is 1. The molecule has 0 saturated heterocycles. The van der Waals surface area contributed by atoms with Crippen molar-refractivity contribution in [2.75, 3.05) is 11.9 Å². The molecular weight excluding hydrogens is 494 g/mol. The number of unbranched alkanes of at least 4 members (excludes halogenated alkanes) is 1. The lowest BCUT2D eigenvalue weighted by molar-refractivity contribution is -0.137. The molecular formula is C31H33N3O5. The maximum absolute atomic E-state index is 12.3. The molecule has 0 aliphatic heterocycles. The quantitative estimate of drug-likeness (QED) is 0.161. The fraction of sp³-hybridized carbons (Fsp3) is 0.290. The fourth-order valence-corrected chi connectivity index (χ4v) is 4.11. The Kier molecular flexibility index (Phi) is 9.83. The Balaban J connectivity index is 1.32. The second-order valence-corrected chi connectivity index (χ2v) is 9.35. The Labute approximate surface area is 228 Å². The number of Topliss-reactive ketones (excluding diaryl/α,β-unsaturated/α-hetero) is 1.